The third kappa shape index (κ3) is 1.63. The molecule has 0 N–H and O–H groups in total. The average molecular weight is 346 g/mol. The van der Waals surface area contributed by atoms with Crippen molar-refractivity contribution in [2.45, 2.75) is 6.92 Å². The fraction of sp³-hybridized carbons (Fsp3) is 0.0833. The Bertz CT molecular complexity index is 1600. The van der Waals surface area contributed by atoms with E-state index in [-0.39, 0.29) is 0 Å². The molecular formula is C24H16N3+. The van der Waals surface area contributed by atoms with E-state index in [1.165, 1.54) is 43.7 Å². The SMILES string of the molecule is [C-]#[N+]c1cc2cc[n+](C)c3c4c(C)ccc5c6ccccc6n(c(c1)c23)c54. The minimum Gasteiger partial charge on any atom is -0.309 e. The number of hydrogen-bond donors (Lipinski definition) is 0. The Morgan fingerprint density at radius 1 is 0.926 bits per heavy atom. The highest BCUT2D eigenvalue weighted by atomic mass is 15.0. The normalized spacial score (nSPS) is 12.0. The van der Waals surface area contributed by atoms with Gasteiger partial charge in [0.25, 0.3) is 0 Å². The molecule has 3 heterocycles. The highest BCUT2D eigenvalue weighted by Crippen LogP contribution is 2.41. The Morgan fingerprint density at radius 3 is 2.63 bits per heavy atom. The van der Waals surface area contributed by atoms with Gasteiger partial charge < -0.3 is 4.40 Å². The van der Waals surface area contributed by atoms with Gasteiger partial charge in [0.05, 0.1) is 33.9 Å². The summed E-state index contributed by atoms with van der Waals surface area (Å²) in [5.41, 5.74) is 6.73. The van der Waals surface area contributed by atoms with Crippen LogP contribution < -0.4 is 4.57 Å². The summed E-state index contributed by atoms with van der Waals surface area (Å²) in [5, 5.41) is 6.15. The molecule has 27 heavy (non-hydrogen) atoms. The molecule has 6 aromatic rings. The quantitative estimate of drug-likeness (QED) is 0.145. The lowest BCUT2D eigenvalue weighted by molar-refractivity contribution is -0.643. The zero-order chi connectivity index (χ0) is 18.3. The average Bonchev–Trinajstić information content (AvgIpc) is 3.03. The van der Waals surface area contributed by atoms with Crippen molar-refractivity contribution in [1.82, 2.24) is 4.40 Å². The summed E-state index contributed by atoms with van der Waals surface area (Å²) in [6, 6.07) is 19.2. The van der Waals surface area contributed by atoms with Crippen LogP contribution >= 0.6 is 0 Å². The lowest BCUT2D eigenvalue weighted by atomic mass is 9.99. The third-order valence-corrected chi connectivity index (χ3v) is 5.85. The summed E-state index contributed by atoms with van der Waals surface area (Å²) in [6.07, 6.45) is 2.10. The van der Waals surface area contributed by atoms with Crippen molar-refractivity contribution < 1.29 is 4.57 Å². The zero-order valence-corrected chi connectivity index (χ0v) is 15.1. The van der Waals surface area contributed by atoms with Gasteiger partial charge in [-0.2, -0.15) is 0 Å². The summed E-state index contributed by atoms with van der Waals surface area (Å²) in [5.74, 6) is 0. The van der Waals surface area contributed by atoms with Crippen LogP contribution in [0.1, 0.15) is 5.56 Å². The molecule has 0 spiro atoms. The van der Waals surface area contributed by atoms with Crippen molar-refractivity contribution in [2.75, 3.05) is 0 Å². The first-order valence-corrected chi connectivity index (χ1v) is 9.06. The Hall–Kier alpha value is -3.64. The Balaban J connectivity index is 2.15. The van der Waals surface area contributed by atoms with Crippen LogP contribution in [0.25, 0.3) is 53.8 Å². The van der Waals surface area contributed by atoms with E-state index >= 15 is 0 Å². The van der Waals surface area contributed by atoms with Gasteiger partial charge in [-0.3, -0.25) is 0 Å². The Labute approximate surface area is 155 Å². The summed E-state index contributed by atoms with van der Waals surface area (Å²) in [6.45, 7) is 9.75. The maximum atomic E-state index is 7.57. The van der Waals surface area contributed by atoms with Crippen LogP contribution in [0.2, 0.25) is 0 Å². The Kier molecular flexibility index (Phi) is 2.55. The fourth-order valence-electron chi connectivity index (χ4n) is 4.72. The molecule has 6 rings (SSSR count). The van der Waals surface area contributed by atoms with E-state index in [1.807, 2.05) is 12.1 Å². The van der Waals surface area contributed by atoms with Crippen molar-refractivity contribution in [3.05, 3.63) is 77.8 Å². The molecular weight excluding hydrogens is 330 g/mol. The largest absolute Gasteiger partial charge is 0.309 e. The molecule has 0 saturated heterocycles. The first-order valence-electron chi connectivity index (χ1n) is 9.06. The fourth-order valence-corrected chi connectivity index (χ4v) is 4.72. The number of fused-ring (bicyclic) bond motifs is 5. The van der Waals surface area contributed by atoms with Crippen molar-refractivity contribution in [1.29, 1.82) is 0 Å². The molecule has 126 valence electrons. The van der Waals surface area contributed by atoms with Gasteiger partial charge in [-0.05, 0) is 36.1 Å². The predicted molar refractivity (Wildman–Crippen MR) is 111 cm³/mol. The minimum absolute atomic E-state index is 0.680. The molecule has 0 bridgehead atoms. The molecule has 3 heteroatoms. The summed E-state index contributed by atoms with van der Waals surface area (Å²) < 4.78 is 4.57. The van der Waals surface area contributed by atoms with Gasteiger partial charge in [0, 0.05) is 16.8 Å². The Morgan fingerprint density at radius 2 is 1.78 bits per heavy atom. The minimum atomic E-state index is 0.680. The molecule has 0 amide bonds. The molecule has 0 saturated carbocycles. The van der Waals surface area contributed by atoms with Crippen molar-refractivity contribution in [3.8, 4) is 0 Å². The van der Waals surface area contributed by atoms with Crippen molar-refractivity contribution in [3.63, 3.8) is 0 Å². The van der Waals surface area contributed by atoms with Crippen LogP contribution in [0, 0.1) is 13.5 Å². The van der Waals surface area contributed by atoms with E-state index in [1.54, 1.807) is 0 Å². The van der Waals surface area contributed by atoms with Gasteiger partial charge in [-0.15, -0.1) is 0 Å². The molecule has 3 aromatic heterocycles. The molecule has 0 radical (unpaired) electrons. The van der Waals surface area contributed by atoms with E-state index in [9.17, 15) is 0 Å². The highest BCUT2D eigenvalue weighted by Gasteiger charge is 2.23. The monoisotopic (exact) mass is 346 g/mol. The van der Waals surface area contributed by atoms with Crippen LogP contribution in [0.5, 0.6) is 0 Å². The molecule has 3 nitrogen and oxygen atoms in total. The van der Waals surface area contributed by atoms with Crippen molar-refractivity contribution in [2.24, 2.45) is 7.05 Å². The molecule has 0 atom stereocenters. The second-order valence-electron chi connectivity index (χ2n) is 7.32. The topological polar surface area (TPSA) is 12.7 Å². The smallest absolute Gasteiger partial charge is 0.224 e. The van der Waals surface area contributed by atoms with Gasteiger partial charge in [0.1, 0.15) is 7.05 Å². The maximum absolute atomic E-state index is 7.57. The number of nitrogens with zero attached hydrogens (tertiary/aromatic N) is 3. The van der Waals surface area contributed by atoms with Gasteiger partial charge in [-0.25, -0.2) is 9.41 Å². The molecule has 3 aromatic carbocycles. The number of para-hydroxylation sites is 1. The number of pyridine rings is 2. The molecule has 0 unspecified atom stereocenters. The number of hydrogen-bond acceptors (Lipinski definition) is 0. The van der Waals surface area contributed by atoms with Crippen LogP contribution in [-0.2, 0) is 7.05 Å². The predicted octanol–water partition coefficient (Wildman–Crippen LogP) is 5.67. The first-order chi connectivity index (χ1) is 13.2. The van der Waals surface area contributed by atoms with Gasteiger partial charge in [-0.1, -0.05) is 30.3 Å². The second kappa shape index (κ2) is 4.75. The summed E-state index contributed by atoms with van der Waals surface area (Å²) in [7, 11) is 2.11. The standard InChI is InChI=1S/C24H16N3/c1-14-8-9-18-17-6-4-5-7-19(17)27-20-13-16(25-2)12-15-10-11-26(3)24(22(15)20)21(14)23(18)27/h4-13H,1,3H3/q+1. The molecule has 0 aliphatic carbocycles. The van der Waals surface area contributed by atoms with Crippen LogP contribution in [0.3, 0.4) is 0 Å². The maximum Gasteiger partial charge on any atom is 0.224 e. The number of benzene rings is 3. The third-order valence-electron chi connectivity index (χ3n) is 5.85. The zero-order valence-electron chi connectivity index (χ0n) is 15.1. The van der Waals surface area contributed by atoms with Crippen LogP contribution in [0.4, 0.5) is 5.69 Å². The summed E-state index contributed by atoms with van der Waals surface area (Å²) >= 11 is 0. The lowest BCUT2D eigenvalue weighted by Crippen LogP contribution is -2.28. The van der Waals surface area contributed by atoms with Gasteiger partial charge in [0.15, 0.2) is 11.9 Å². The van der Waals surface area contributed by atoms with E-state index < -0.39 is 0 Å². The number of rotatable bonds is 0. The number of aryl methyl sites for hydroxylation is 2. The second-order valence-corrected chi connectivity index (χ2v) is 7.32. The van der Waals surface area contributed by atoms with Crippen LogP contribution in [-0.4, -0.2) is 4.40 Å². The lowest BCUT2D eigenvalue weighted by Gasteiger charge is -2.13. The summed E-state index contributed by atoms with van der Waals surface area (Å²) in [4.78, 5) is 3.74. The van der Waals surface area contributed by atoms with Gasteiger partial charge >= 0.3 is 0 Å². The molecule has 0 aliphatic heterocycles. The van der Waals surface area contributed by atoms with Crippen molar-refractivity contribution >= 4 is 54.7 Å². The van der Waals surface area contributed by atoms with E-state index in [0.29, 0.717) is 5.69 Å². The molecule has 0 fully saturated rings. The number of aromatic nitrogens is 2. The van der Waals surface area contributed by atoms with Crippen LogP contribution in [0.15, 0.2) is 60.8 Å². The highest BCUT2D eigenvalue weighted by molar-refractivity contribution is 6.26. The van der Waals surface area contributed by atoms with E-state index in [0.717, 1.165) is 10.9 Å². The first kappa shape index (κ1) is 14.5. The molecule has 0 aliphatic rings. The van der Waals surface area contributed by atoms with E-state index in [4.69, 9.17) is 6.57 Å². The van der Waals surface area contributed by atoms with Gasteiger partial charge in [0.2, 0.25) is 5.52 Å². The van der Waals surface area contributed by atoms with E-state index in [2.05, 4.69) is 76.4 Å².